The van der Waals surface area contributed by atoms with Gasteiger partial charge in [-0.2, -0.15) is 16.5 Å². The monoisotopic (exact) mass is 420 g/mol. The first-order valence-corrected chi connectivity index (χ1v) is 11.3. The summed E-state index contributed by atoms with van der Waals surface area (Å²) < 4.78 is 32.3. The van der Waals surface area contributed by atoms with Crippen molar-refractivity contribution in [1.82, 2.24) is 10.0 Å². The molecule has 10 heteroatoms. The number of halogens is 1. The number of hydrogen-bond donors (Lipinski definition) is 2. The highest BCUT2D eigenvalue weighted by Crippen LogP contribution is 2.18. The van der Waals surface area contributed by atoms with Crippen LogP contribution in [0.4, 0.5) is 0 Å². The second kappa shape index (κ2) is 9.59. The minimum Gasteiger partial charge on any atom is -0.454 e. The van der Waals surface area contributed by atoms with Crippen molar-refractivity contribution in [2.75, 3.05) is 18.6 Å². The molecule has 1 atom stereocenters. The summed E-state index contributed by atoms with van der Waals surface area (Å²) in [5.41, 5.74) is 0. The summed E-state index contributed by atoms with van der Waals surface area (Å²) >= 11 is 7.24. The summed E-state index contributed by atoms with van der Waals surface area (Å²) in [5, 5.41) is 3.11. The van der Waals surface area contributed by atoms with Crippen LogP contribution in [0.15, 0.2) is 29.2 Å². The number of amides is 1. The Morgan fingerprint density at radius 2 is 1.96 bits per heavy atom. The average Bonchev–Trinajstić information content (AvgIpc) is 3.40. The number of sulfonamides is 1. The molecule has 0 saturated heterocycles. The molecule has 1 aliphatic rings. The molecule has 1 aromatic rings. The van der Waals surface area contributed by atoms with E-state index in [2.05, 4.69) is 10.0 Å². The third kappa shape index (κ3) is 6.79. The standard InChI is InChI=1S/C16H21ClN2O5S2/c1-25-9-8-14(16(21)24-10-15(20)18-12-4-5-12)19-26(22,23)13-6-2-11(17)3-7-13/h2-3,6-7,12,14,19H,4-5,8-10H2,1H3,(H,18,20)/t14-/m1/s1. The lowest BCUT2D eigenvalue weighted by Gasteiger charge is -2.17. The van der Waals surface area contributed by atoms with E-state index in [4.69, 9.17) is 16.3 Å². The highest BCUT2D eigenvalue weighted by Gasteiger charge is 2.28. The molecule has 144 valence electrons. The second-order valence-corrected chi connectivity index (χ2v) is 8.99. The number of thioether (sulfide) groups is 1. The molecule has 0 aliphatic heterocycles. The Morgan fingerprint density at radius 3 is 2.54 bits per heavy atom. The quantitative estimate of drug-likeness (QED) is 0.557. The summed E-state index contributed by atoms with van der Waals surface area (Å²) in [6, 6.07) is 4.70. The maximum atomic E-state index is 12.5. The molecule has 0 unspecified atom stereocenters. The van der Waals surface area contributed by atoms with Crippen molar-refractivity contribution in [3.8, 4) is 0 Å². The molecule has 2 N–H and O–H groups in total. The predicted octanol–water partition coefficient (Wildman–Crippen LogP) is 1.56. The van der Waals surface area contributed by atoms with Gasteiger partial charge < -0.3 is 10.1 Å². The predicted molar refractivity (Wildman–Crippen MR) is 101 cm³/mol. The topological polar surface area (TPSA) is 102 Å². The minimum atomic E-state index is -3.92. The fourth-order valence-electron chi connectivity index (χ4n) is 2.06. The SMILES string of the molecule is CSCC[C@@H](NS(=O)(=O)c1ccc(Cl)cc1)C(=O)OCC(=O)NC1CC1. The van der Waals surface area contributed by atoms with Crippen molar-refractivity contribution in [1.29, 1.82) is 0 Å². The number of rotatable bonds is 10. The Balaban J connectivity index is 1.98. The molecule has 7 nitrogen and oxygen atoms in total. The van der Waals surface area contributed by atoms with Gasteiger partial charge in [0.25, 0.3) is 5.91 Å². The zero-order valence-electron chi connectivity index (χ0n) is 14.2. The number of carbonyl (C=O) groups excluding carboxylic acids is 2. The Kier molecular flexibility index (Phi) is 7.75. The van der Waals surface area contributed by atoms with Crippen LogP contribution in [-0.2, 0) is 24.3 Å². The number of nitrogens with one attached hydrogen (secondary N) is 2. The van der Waals surface area contributed by atoms with Gasteiger partial charge in [0, 0.05) is 11.1 Å². The van der Waals surface area contributed by atoms with E-state index in [9.17, 15) is 18.0 Å². The number of carbonyl (C=O) groups is 2. The van der Waals surface area contributed by atoms with Gasteiger partial charge >= 0.3 is 5.97 Å². The van der Waals surface area contributed by atoms with E-state index in [-0.39, 0.29) is 23.3 Å². The molecule has 1 aliphatic carbocycles. The molecular weight excluding hydrogens is 400 g/mol. The largest absolute Gasteiger partial charge is 0.454 e. The Bertz CT molecular complexity index is 736. The number of ether oxygens (including phenoxy) is 1. The van der Waals surface area contributed by atoms with Crippen LogP contribution in [0.3, 0.4) is 0 Å². The molecule has 26 heavy (non-hydrogen) atoms. The fourth-order valence-corrected chi connectivity index (χ4v) is 3.88. The zero-order valence-corrected chi connectivity index (χ0v) is 16.6. The van der Waals surface area contributed by atoms with Gasteiger partial charge in [0.2, 0.25) is 10.0 Å². The van der Waals surface area contributed by atoms with Crippen LogP contribution >= 0.6 is 23.4 Å². The van der Waals surface area contributed by atoms with Gasteiger partial charge in [-0.05, 0) is 55.5 Å². The van der Waals surface area contributed by atoms with Crippen LogP contribution in [-0.4, -0.2) is 51.0 Å². The Labute approximate surface area is 162 Å². The summed E-state index contributed by atoms with van der Waals surface area (Å²) in [5.74, 6) is -0.607. The summed E-state index contributed by atoms with van der Waals surface area (Å²) in [7, 11) is -3.92. The maximum absolute atomic E-state index is 12.5. The lowest BCUT2D eigenvalue weighted by atomic mass is 10.2. The molecule has 0 bridgehead atoms. The first-order valence-electron chi connectivity index (χ1n) is 8.04. The zero-order chi connectivity index (χ0) is 19.2. The molecule has 1 saturated carbocycles. The molecule has 1 fully saturated rings. The van der Waals surface area contributed by atoms with E-state index in [1.165, 1.54) is 36.0 Å². The van der Waals surface area contributed by atoms with Gasteiger partial charge in [-0.1, -0.05) is 11.6 Å². The van der Waals surface area contributed by atoms with Crippen molar-refractivity contribution >= 4 is 45.3 Å². The molecule has 0 aromatic heterocycles. The smallest absolute Gasteiger partial charge is 0.324 e. The van der Waals surface area contributed by atoms with Crippen LogP contribution in [0.2, 0.25) is 5.02 Å². The molecule has 1 aromatic carbocycles. The Hall–Kier alpha value is -1.29. The normalized spacial score (nSPS) is 15.3. The van der Waals surface area contributed by atoms with Gasteiger partial charge in [-0.25, -0.2) is 8.42 Å². The van der Waals surface area contributed by atoms with Crippen LogP contribution in [0.5, 0.6) is 0 Å². The average molecular weight is 421 g/mol. The number of hydrogen-bond acceptors (Lipinski definition) is 6. The summed E-state index contributed by atoms with van der Waals surface area (Å²) in [6.45, 7) is -0.423. The van der Waals surface area contributed by atoms with Crippen LogP contribution in [0.25, 0.3) is 0 Å². The van der Waals surface area contributed by atoms with Crippen LogP contribution in [0, 0.1) is 0 Å². The molecule has 2 rings (SSSR count). The van der Waals surface area contributed by atoms with E-state index >= 15 is 0 Å². The number of esters is 1. The first kappa shape index (κ1) is 21.0. The van der Waals surface area contributed by atoms with Crippen LogP contribution < -0.4 is 10.0 Å². The summed E-state index contributed by atoms with van der Waals surface area (Å²) in [4.78, 5) is 23.9. The van der Waals surface area contributed by atoms with Gasteiger partial charge in [-0.3, -0.25) is 9.59 Å². The van der Waals surface area contributed by atoms with Gasteiger partial charge in [0.05, 0.1) is 4.90 Å². The van der Waals surface area contributed by atoms with Crippen molar-refractivity contribution < 1.29 is 22.7 Å². The van der Waals surface area contributed by atoms with Gasteiger partial charge in [0.1, 0.15) is 6.04 Å². The van der Waals surface area contributed by atoms with Crippen molar-refractivity contribution in [2.45, 2.75) is 36.2 Å². The lowest BCUT2D eigenvalue weighted by Crippen LogP contribution is -2.43. The number of benzene rings is 1. The maximum Gasteiger partial charge on any atom is 0.324 e. The van der Waals surface area contributed by atoms with Crippen molar-refractivity contribution in [3.05, 3.63) is 29.3 Å². The molecule has 0 radical (unpaired) electrons. The summed E-state index contributed by atoms with van der Waals surface area (Å²) in [6.07, 6.45) is 3.95. The molecule has 0 spiro atoms. The van der Waals surface area contributed by atoms with Gasteiger partial charge in [-0.15, -0.1) is 0 Å². The van der Waals surface area contributed by atoms with E-state index in [0.717, 1.165) is 12.8 Å². The van der Waals surface area contributed by atoms with E-state index in [1.54, 1.807) is 0 Å². The molecular formula is C16H21ClN2O5S2. The highest BCUT2D eigenvalue weighted by atomic mass is 35.5. The fraction of sp³-hybridized carbons (Fsp3) is 0.500. The van der Waals surface area contributed by atoms with Crippen molar-refractivity contribution in [2.24, 2.45) is 0 Å². The molecule has 1 amide bonds. The van der Waals surface area contributed by atoms with E-state index in [1.807, 2.05) is 6.26 Å². The molecule has 0 heterocycles. The third-order valence-electron chi connectivity index (χ3n) is 3.60. The third-order valence-corrected chi connectivity index (χ3v) is 5.99. The van der Waals surface area contributed by atoms with Crippen LogP contribution in [0.1, 0.15) is 19.3 Å². The minimum absolute atomic E-state index is 0.00433. The second-order valence-electron chi connectivity index (χ2n) is 5.86. The highest BCUT2D eigenvalue weighted by molar-refractivity contribution is 7.98. The first-order chi connectivity index (χ1) is 12.3. The van der Waals surface area contributed by atoms with Crippen molar-refractivity contribution in [3.63, 3.8) is 0 Å². The van der Waals surface area contributed by atoms with E-state index in [0.29, 0.717) is 10.8 Å². The lowest BCUT2D eigenvalue weighted by molar-refractivity contribution is -0.150. The van der Waals surface area contributed by atoms with E-state index < -0.39 is 28.6 Å². The Morgan fingerprint density at radius 1 is 1.31 bits per heavy atom. The van der Waals surface area contributed by atoms with Gasteiger partial charge in [0.15, 0.2) is 6.61 Å².